The third-order valence-electron chi connectivity index (χ3n) is 4.32. The molecule has 5 nitrogen and oxygen atoms in total. The Balaban J connectivity index is 1.37. The molecule has 0 bridgehead atoms. The summed E-state index contributed by atoms with van der Waals surface area (Å²) < 4.78 is 5.76. The second kappa shape index (κ2) is 9.07. The third kappa shape index (κ3) is 4.84. The fourth-order valence-corrected chi connectivity index (χ4v) is 3.75. The number of amides is 2. The maximum Gasteiger partial charge on any atom is 0.295 e. The van der Waals surface area contributed by atoms with Crippen LogP contribution in [0.3, 0.4) is 0 Å². The van der Waals surface area contributed by atoms with Crippen molar-refractivity contribution in [2.75, 3.05) is 12.0 Å². The molecule has 0 unspecified atom stereocenters. The van der Waals surface area contributed by atoms with Crippen LogP contribution in [0.25, 0.3) is 6.08 Å². The number of halogens is 1. The molecule has 0 spiro atoms. The van der Waals surface area contributed by atoms with Crippen molar-refractivity contribution in [2.45, 2.75) is 0 Å². The van der Waals surface area contributed by atoms with Gasteiger partial charge in [-0.3, -0.25) is 14.5 Å². The van der Waals surface area contributed by atoms with Gasteiger partial charge in [-0.25, -0.2) is 0 Å². The molecule has 3 aromatic rings. The van der Waals surface area contributed by atoms with E-state index in [2.05, 4.69) is 5.32 Å². The molecule has 4 rings (SSSR count). The Morgan fingerprint density at radius 3 is 2.27 bits per heavy atom. The molecule has 1 aliphatic rings. The van der Waals surface area contributed by atoms with Gasteiger partial charge in [0, 0.05) is 10.7 Å². The van der Waals surface area contributed by atoms with Crippen molar-refractivity contribution in [1.29, 1.82) is 0 Å². The minimum absolute atomic E-state index is 0.0848. The van der Waals surface area contributed by atoms with Crippen LogP contribution in [0.1, 0.15) is 5.56 Å². The molecule has 150 valence electrons. The maximum absolute atomic E-state index is 12.6. The zero-order chi connectivity index (χ0) is 20.9. The Labute approximate surface area is 183 Å². The largest absolute Gasteiger partial charge is 0.457 e. The average Bonchev–Trinajstić information content (AvgIpc) is 3.02. The molecular formula is C23H17ClN2O3S. The molecule has 0 atom stereocenters. The first-order valence-electron chi connectivity index (χ1n) is 9.16. The van der Waals surface area contributed by atoms with Crippen molar-refractivity contribution >= 4 is 46.3 Å². The molecule has 2 amide bonds. The molecular weight excluding hydrogens is 420 g/mol. The number of rotatable bonds is 6. The molecule has 7 heteroatoms. The predicted molar refractivity (Wildman–Crippen MR) is 121 cm³/mol. The molecule has 1 saturated heterocycles. The summed E-state index contributed by atoms with van der Waals surface area (Å²) in [6, 6.07) is 23.9. The van der Waals surface area contributed by atoms with Crippen molar-refractivity contribution in [3.05, 3.63) is 94.4 Å². The van der Waals surface area contributed by atoms with Gasteiger partial charge in [-0.15, -0.1) is 0 Å². The Hall–Kier alpha value is -3.22. The summed E-state index contributed by atoms with van der Waals surface area (Å²) in [4.78, 5) is 26.4. The van der Waals surface area contributed by atoms with Crippen molar-refractivity contribution in [1.82, 2.24) is 4.90 Å². The molecule has 30 heavy (non-hydrogen) atoms. The van der Waals surface area contributed by atoms with Crippen LogP contribution in [-0.4, -0.2) is 22.7 Å². The van der Waals surface area contributed by atoms with Gasteiger partial charge in [0.25, 0.3) is 11.1 Å². The first-order chi connectivity index (χ1) is 14.6. The average molecular weight is 437 g/mol. The lowest BCUT2D eigenvalue weighted by Gasteiger charge is -2.15. The van der Waals surface area contributed by atoms with E-state index in [4.69, 9.17) is 16.3 Å². The second-order valence-electron chi connectivity index (χ2n) is 6.44. The van der Waals surface area contributed by atoms with Gasteiger partial charge < -0.3 is 10.1 Å². The highest BCUT2D eigenvalue weighted by Gasteiger charge is 2.34. The summed E-state index contributed by atoms with van der Waals surface area (Å²) in [5.74, 6) is 1.13. The number of ether oxygens (including phenoxy) is 1. The fourth-order valence-electron chi connectivity index (χ4n) is 2.78. The molecule has 0 saturated carbocycles. The molecule has 0 radical (unpaired) electrons. The van der Waals surface area contributed by atoms with E-state index in [-0.39, 0.29) is 17.8 Å². The first-order valence-corrected chi connectivity index (χ1v) is 10.4. The van der Waals surface area contributed by atoms with E-state index in [0.29, 0.717) is 15.7 Å². The third-order valence-corrected chi connectivity index (χ3v) is 5.48. The van der Waals surface area contributed by atoms with Crippen molar-refractivity contribution in [3.8, 4) is 11.5 Å². The zero-order valence-electron chi connectivity index (χ0n) is 15.7. The lowest BCUT2D eigenvalue weighted by atomic mass is 10.2. The Kier molecular flexibility index (Phi) is 6.07. The Bertz CT molecular complexity index is 1080. The van der Waals surface area contributed by atoms with Gasteiger partial charge in [0.2, 0.25) is 0 Å². The molecule has 1 heterocycles. The lowest BCUT2D eigenvalue weighted by molar-refractivity contribution is -0.122. The minimum Gasteiger partial charge on any atom is -0.457 e. The standard InChI is InChI=1S/C23H17ClN2O3S/c24-17-8-6-16(7-9-17)14-21-22(27)26(23(28)30-21)15-25-18-10-12-20(13-11-18)29-19-4-2-1-3-5-19/h1-14,25H,15H2/b21-14+. The molecule has 1 N–H and O–H groups in total. The molecule has 0 aromatic heterocycles. The van der Waals surface area contributed by atoms with Crippen LogP contribution in [0.4, 0.5) is 10.5 Å². The van der Waals surface area contributed by atoms with Gasteiger partial charge in [-0.1, -0.05) is 41.9 Å². The number of nitrogens with zero attached hydrogens (tertiary/aromatic N) is 1. The number of hydrogen-bond acceptors (Lipinski definition) is 5. The summed E-state index contributed by atoms with van der Waals surface area (Å²) in [7, 11) is 0. The van der Waals surface area contributed by atoms with Gasteiger partial charge in [-0.05, 0) is 71.9 Å². The van der Waals surface area contributed by atoms with E-state index >= 15 is 0 Å². The lowest BCUT2D eigenvalue weighted by Crippen LogP contribution is -2.33. The monoisotopic (exact) mass is 436 g/mol. The topological polar surface area (TPSA) is 58.6 Å². The van der Waals surface area contributed by atoms with E-state index in [1.165, 1.54) is 4.90 Å². The van der Waals surface area contributed by atoms with Crippen molar-refractivity contribution in [2.24, 2.45) is 0 Å². The van der Waals surface area contributed by atoms with Crippen LogP contribution in [0.2, 0.25) is 5.02 Å². The summed E-state index contributed by atoms with van der Waals surface area (Å²) in [5.41, 5.74) is 1.59. The van der Waals surface area contributed by atoms with Crippen LogP contribution >= 0.6 is 23.4 Å². The molecule has 1 aliphatic heterocycles. The summed E-state index contributed by atoms with van der Waals surface area (Å²) in [6.07, 6.45) is 1.69. The van der Waals surface area contributed by atoms with E-state index in [1.54, 1.807) is 30.3 Å². The van der Waals surface area contributed by atoms with Gasteiger partial charge in [0.1, 0.15) is 11.5 Å². The van der Waals surface area contributed by atoms with Crippen LogP contribution in [0, 0.1) is 0 Å². The second-order valence-corrected chi connectivity index (χ2v) is 7.87. The number of carbonyl (C=O) groups excluding carboxylic acids is 2. The molecule has 1 fully saturated rings. The normalized spacial score (nSPS) is 15.0. The van der Waals surface area contributed by atoms with Gasteiger partial charge in [0.15, 0.2) is 0 Å². The highest BCUT2D eigenvalue weighted by atomic mass is 35.5. The number of nitrogens with one attached hydrogen (secondary N) is 1. The summed E-state index contributed by atoms with van der Waals surface area (Å²) in [6.45, 7) is 0.0848. The van der Waals surface area contributed by atoms with Gasteiger partial charge >= 0.3 is 0 Å². The fraction of sp³-hybridized carbons (Fsp3) is 0.0435. The highest BCUT2D eigenvalue weighted by Crippen LogP contribution is 2.32. The number of thioether (sulfide) groups is 1. The van der Waals surface area contributed by atoms with Crippen LogP contribution in [0.15, 0.2) is 83.8 Å². The van der Waals surface area contributed by atoms with Gasteiger partial charge in [-0.2, -0.15) is 0 Å². The SMILES string of the molecule is O=C1S/C(=C/c2ccc(Cl)cc2)C(=O)N1CNc1ccc(Oc2ccccc2)cc1. The summed E-state index contributed by atoms with van der Waals surface area (Å²) >= 11 is 6.81. The van der Waals surface area contributed by atoms with E-state index in [0.717, 1.165) is 28.8 Å². The number of para-hydroxylation sites is 1. The van der Waals surface area contributed by atoms with Crippen molar-refractivity contribution < 1.29 is 14.3 Å². The van der Waals surface area contributed by atoms with Gasteiger partial charge in [0.05, 0.1) is 11.6 Å². The van der Waals surface area contributed by atoms with Crippen LogP contribution < -0.4 is 10.1 Å². The van der Waals surface area contributed by atoms with Crippen LogP contribution in [0.5, 0.6) is 11.5 Å². The number of hydrogen-bond donors (Lipinski definition) is 1. The molecule has 3 aromatic carbocycles. The molecule has 0 aliphatic carbocycles. The first kappa shape index (κ1) is 20.1. The number of anilines is 1. The predicted octanol–water partition coefficient (Wildman–Crippen LogP) is 6.24. The van der Waals surface area contributed by atoms with E-state index < -0.39 is 0 Å². The number of benzene rings is 3. The van der Waals surface area contributed by atoms with Crippen molar-refractivity contribution in [3.63, 3.8) is 0 Å². The van der Waals surface area contributed by atoms with E-state index in [9.17, 15) is 9.59 Å². The summed E-state index contributed by atoms with van der Waals surface area (Å²) in [5, 5.41) is 3.41. The minimum atomic E-state index is -0.323. The Morgan fingerprint density at radius 1 is 0.900 bits per heavy atom. The van der Waals surface area contributed by atoms with Crippen LogP contribution in [-0.2, 0) is 4.79 Å². The highest BCUT2D eigenvalue weighted by molar-refractivity contribution is 8.18. The quantitative estimate of drug-likeness (QED) is 0.463. The number of imide groups is 1. The van der Waals surface area contributed by atoms with E-state index in [1.807, 2.05) is 54.6 Å². The smallest absolute Gasteiger partial charge is 0.295 e. The zero-order valence-corrected chi connectivity index (χ0v) is 17.3. The maximum atomic E-state index is 12.6. The number of carbonyl (C=O) groups is 2. The Morgan fingerprint density at radius 2 is 1.57 bits per heavy atom.